The van der Waals surface area contributed by atoms with Gasteiger partial charge in [-0.1, -0.05) is 6.07 Å². The monoisotopic (exact) mass is 259 g/mol. The van der Waals surface area contributed by atoms with Gasteiger partial charge in [0.25, 0.3) is 0 Å². The summed E-state index contributed by atoms with van der Waals surface area (Å²) in [6, 6.07) is 6.67. The second-order valence-corrected chi connectivity index (χ2v) is 5.37. The van der Waals surface area contributed by atoms with Gasteiger partial charge in [0.2, 0.25) is 0 Å². The fourth-order valence-electron chi connectivity index (χ4n) is 2.83. The van der Waals surface area contributed by atoms with Crippen molar-refractivity contribution in [1.82, 2.24) is 14.3 Å². The van der Waals surface area contributed by atoms with Crippen LogP contribution >= 0.6 is 0 Å². The Morgan fingerprint density at radius 1 is 1.42 bits per heavy atom. The third-order valence-electron chi connectivity index (χ3n) is 3.99. The summed E-state index contributed by atoms with van der Waals surface area (Å²) in [5.41, 5.74) is 8.01. The van der Waals surface area contributed by atoms with Crippen LogP contribution in [-0.4, -0.2) is 47.5 Å². The fraction of sp³-hybridized carbons (Fsp3) is 0.500. The van der Waals surface area contributed by atoms with Gasteiger partial charge in [0.05, 0.1) is 5.69 Å². The second-order valence-electron chi connectivity index (χ2n) is 5.37. The minimum atomic E-state index is 0.518. The number of aromatic nitrogens is 2. The minimum Gasteiger partial charge on any atom is -0.353 e. The van der Waals surface area contributed by atoms with Gasteiger partial charge in [0.15, 0.2) is 5.82 Å². The lowest BCUT2D eigenvalue weighted by atomic mass is 10.2. The van der Waals surface area contributed by atoms with Crippen molar-refractivity contribution >= 4 is 11.5 Å². The van der Waals surface area contributed by atoms with Gasteiger partial charge in [-0.05, 0) is 32.6 Å². The quantitative estimate of drug-likeness (QED) is 0.891. The van der Waals surface area contributed by atoms with Gasteiger partial charge in [-0.3, -0.25) is 0 Å². The number of fused-ring (bicyclic) bond motifs is 1. The third kappa shape index (κ3) is 2.09. The molecule has 3 rings (SSSR count). The van der Waals surface area contributed by atoms with Gasteiger partial charge in [0, 0.05) is 31.9 Å². The molecule has 102 valence electrons. The second kappa shape index (κ2) is 4.83. The summed E-state index contributed by atoms with van der Waals surface area (Å²) in [5.74, 6) is 1.05. The first-order valence-corrected chi connectivity index (χ1v) is 6.78. The highest BCUT2D eigenvalue weighted by Crippen LogP contribution is 2.26. The average molecular weight is 259 g/mol. The van der Waals surface area contributed by atoms with E-state index in [1.54, 1.807) is 0 Å². The first kappa shape index (κ1) is 12.4. The molecule has 19 heavy (non-hydrogen) atoms. The van der Waals surface area contributed by atoms with E-state index in [9.17, 15) is 0 Å². The number of nitrogens with zero attached hydrogens (tertiary/aromatic N) is 4. The lowest BCUT2D eigenvalue weighted by molar-refractivity contribution is 0.315. The van der Waals surface area contributed by atoms with Crippen molar-refractivity contribution in [2.45, 2.75) is 19.0 Å². The SMILES string of the molecule is CN(C)C1CCN(c2nc3ccccn3c2CN)C1. The van der Waals surface area contributed by atoms with Crippen LogP contribution in [0.15, 0.2) is 24.4 Å². The molecule has 0 radical (unpaired) electrons. The van der Waals surface area contributed by atoms with Gasteiger partial charge >= 0.3 is 0 Å². The van der Waals surface area contributed by atoms with Crippen LogP contribution < -0.4 is 10.6 Å². The molecule has 2 N–H and O–H groups in total. The van der Waals surface area contributed by atoms with Crippen molar-refractivity contribution in [3.63, 3.8) is 0 Å². The van der Waals surface area contributed by atoms with Gasteiger partial charge < -0.3 is 19.9 Å². The van der Waals surface area contributed by atoms with Crippen LogP contribution in [-0.2, 0) is 6.54 Å². The van der Waals surface area contributed by atoms with Crippen molar-refractivity contribution in [2.75, 3.05) is 32.1 Å². The number of rotatable bonds is 3. The number of imidazole rings is 1. The van der Waals surface area contributed by atoms with E-state index in [1.807, 2.05) is 24.4 Å². The van der Waals surface area contributed by atoms with Crippen LogP contribution in [0, 0.1) is 0 Å². The van der Waals surface area contributed by atoms with E-state index in [-0.39, 0.29) is 0 Å². The van der Waals surface area contributed by atoms with Gasteiger partial charge in [-0.2, -0.15) is 0 Å². The number of hydrogen-bond donors (Lipinski definition) is 1. The molecule has 2 aromatic heterocycles. The highest BCUT2D eigenvalue weighted by Gasteiger charge is 2.27. The standard InChI is InChI=1S/C14H21N5/c1-17(2)11-6-8-18(10-11)14-12(9-15)19-7-4-3-5-13(19)16-14/h3-5,7,11H,6,8-10,15H2,1-2H3. The number of pyridine rings is 1. The van der Waals surface area contributed by atoms with E-state index in [1.165, 1.54) is 6.42 Å². The minimum absolute atomic E-state index is 0.518. The maximum Gasteiger partial charge on any atom is 0.152 e. The Labute approximate surface area is 113 Å². The number of anilines is 1. The molecule has 0 bridgehead atoms. The molecule has 5 heteroatoms. The van der Waals surface area contributed by atoms with Crippen LogP contribution in [0.3, 0.4) is 0 Å². The first-order chi connectivity index (χ1) is 9.20. The van der Waals surface area contributed by atoms with Crippen molar-refractivity contribution in [1.29, 1.82) is 0 Å². The molecule has 0 saturated carbocycles. The Kier molecular flexibility index (Phi) is 3.16. The number of hydrogen-bond acceptors (Lipinski definition) is 4. The molecule has 1 aliphatic rings. The lowest BCUT2D eigenvalue weighted by Gasteiger charge is -2.21. The molecule has 0 aromatic carbocycles. The topological polar surface area (TPSA) is 49.8 Å². The van der Waals surface area contributed by atoms with Crippen molar-refractivity contribution in [3.8, 4) is 0 Å². The molecule has 1 fully saturated rings. The smallest absolute Gasteiger partial charge is 0.152 e. The Hall–Kier alpha value is -1.59. The normalized spacial score (nSPS) is 19.8. The highest BCUT2D eigenvalue weighted by atomic mass is 15.3. The summed E-state index contributed by atoms with van der Waals surface area (Å²) in [6.45, 7) is 2.60. The van der Waals surface area contributed by atoms with Crippen LogP contribution in [0.2, 0.25) is 0 Å². The van der Waals surface area contributed by atoms with Crippen molar-refractivity contribution in [3.05, 3.63) is 30.1 Å². The Balaban J connectivity index is 1.97. The third-order valence-corrected chi connectivity index (χ3v) is 3.99. The van der Waals surface area contributed by atoms with Crippen LogP contribution in [0.5, 0.6) is 0 Å². The molecule has 1 aliphatic heterocycles. The van der Waals surface area contributed by atoms with Crippen molar-refractivity contribution in [2.24, 2.45) is 5.73 Å². The number of nitrogens with two attached hydrogens (primary N) is 1. The van der Waals surface area contributed by atoms with E-state index in [0.29, 0.717) is 12.6 Å². The van der Waals surface area contributed by atoms with Gasteiger partial charge in [-0.15, -0.1) is 0 Å². The molecular formula is C14H21N5. The summed E-state index contributed by atoms with van der Waals surface area (Å²) in [5, 5.41) is 0. The summed E-state index contributed by atoms with van der Waals surface area (Å²) < 4.78 is 2.10. The zero-order chi connectivity index (χ0) is 13.4. The Morgan fingerprint density at radius 3 is 2.95 bits per heavy atom. The van der Waals surface area contributed by atoms with Crippen LogP contribution in [0.1, 0.15) is 12.1 Å². The van der Waals surface area contributed by atoms with E-state index < -0.39 is 0 Å². The molecule has 3 heterocycles. The maximum absolute atomic E-state index is 5.93. The predicted octanol–water partition coefficient (Wildman–Crippen LogP) is 0.933. The maximum atomic E-state index is 5.93. The Morgan fingerprint density at radius 2 is 2.26 bits per heavy atom. The molecular weight excluding hydrogens is 238 g/mol. The van der Waals surface area contributed by atoms with Crippen LogP contribution in [0.25, 0.3) is 5.65 Å². The molecule has 5 nitrogen and oxygen atoms in total. The molecule has 1 unspecified atom stereocenters. The van der Waals surface area contributed by atoms with E-state index in [0.717, 1.165) is 30.2 Å². The Bertz CT molecular complexity index is 574. The fourth-order valence-corrected chi connectivity index (χ4v) is 2.83. The van der Waals surface area contributed by atoms with Crippen molar-refractivity contribution < 1.29 is 0 Å². The van der Waals surface area contributed by atoms with Gasteiger partial charge in [0.1, 0.15) is 5.65 Å². The lowest BCUT2D eigenvalue weighted by Crippen LogP contribution is -2.32. The number of likely N-dealkylation sites (N-methyl/N-ethyl adjacent to an activating group) is 1. The van der Waals surface area contributed by atoms with E-state index in [2.05, 4.69) is 28.3 Å². The zero-order valence-corrected chi connectivity index (χ0v) is 11.6. The molecule has 0 aliphatic carbocycles. The summed E-state index contributed by atoms with van der Waals surface area (Å²) >= 11 is 0. The van der Waals surface area contributed by atoms with Crippen LogP contribution in [0.4, 0.5) is 5.82 Å². The largest absolute Gasteiger partial charge is 0.353 e. The first-order valence-electron chi connectivity index (χ1n) is 6.78. The van der Waals surface area contributed by atoms with E-state index >= 15 is 0 Å². The molecule has 1 atom stereocenters. The summed E-state index contributed by atoms with van der Waals surface area (Å²) in [7, 11) is 4.28. The summed E-state index contributed by atoms with van der Waals surface area (Å²) in [4.78, 5) is 9.40. The molecule has 2 aromatic rings. The zero-order valence-electron chi connectivity index (χ0n) is 11.6. The average Bonchev–Trinajstić information content (AvgIpc) is 3.02. The predicted molar refractivity (Wildman–Crippen MR) is 77.4 cm³/mol. The molecule has 0 amide bonds. The molecule has 0 spiro atoms. The van der Waals surface area contributed by atoms with E-state index in [4.69, 9.17) is 10.7 Å². The van der Waals surface area contributed by atoms with Gasteiger partial charge in [-0.25, -0.2) is 4.98 Å². The summed E-state index contributed by atoms with van der Waals surface area (Å²) in [6.07, 6.45) is 3.22. The molecule has 1 saturated heterocycles. The highest BCUT2D eigenvalue weighted by molar-refractivity contribution is 5.56.